The number of aromatic carboxylic acids is 1. The van der Waals surface area contributed by atoms with E-state index in [0.29, 0.717) is 72.0 Å². The zero-order valence-corrected chi connectivity index (χ0v) is 18.1. The summed E-state index contributed by atoms with van der Waals surface area (Å²) in [6, 6.07) is 9.18. The zero-order valence-electron chi connectivity index (χ0n) is 17.3. The second kappa shape index (κ2) is 9.53. The van der Waals surface area contributed by atoms with Crippen molar-refractivity contribution in [3.8, 4) is 33.9 Å². The van der Waals surface area contributed by atoms with Crippen molar-refractivity contribution in [1.82, 2.24) is 9.97 Å². The Kier molecular flexibility index (Phi) is 6.37. The molecule has 32 heavy (non-hydrogen) atoms. The molecule has 0 amide bonds. The molecule has 0 unspecified atom stereocenters. The number of hydrogen-bond acceptors (Lipinski definition) is 9. The fraction of sp³-hybridized carbons (Fsp3) is 0.273. The van der Waals surface area contributed by atoms with Crippen molar-refractivity contribution in [2.24, 2.45) is 0 Å². The quantitative estimate of drug-likeness (QED) is 0.527. The highest BCUT2D eigenvalue weighted by Gasteiger charge is 2.19. The molecule has 10 heteroatoms. The third-order valence-corrected chi connectivity index (χ3v) is 5.83. The maximum absolute atomic E-state index is 11.5. The molecule has 2 aromatic heterocycles. The number of carboxylic acid groups (broad SMARTS) is 1. The lowest BCUT2D eigenvalue weighted by Gasteiger charge is -2.19. The molecule has 0 spiro atoms. The number of carbonyl (C=O) groups is 1. The minimum absolute atomic E-state index is 0.137. The summed E-state index contributed by atoms with van der Waals surface area (Å²) in [5, 5.41) is 22.1. The molecular weight excluding hydrogens is 432 g/mol. The Morgan fingerprint density at radius 2 is 2.03 bits per heavy atom. The molecule has 3 aromatic rings. The van der Waals surface area contributed by atoms with Gasteiger partial charge in [0.05, 0.1) is 28.8 Å². The predicted molar refractivity (Wildman–Crippen MR) is 118 cm³/mol. The van der Waals surface area contributed by atoms with Gasteiger partial charge in [-0.25, -0.2) is 14.8 Å². The molecule has 1 aromatic carbocycles. The second-order valence-corrected chi connectivity index (χ2v) is 7.82. The maximum Gasteiger partial charge on any atom is 0.349 e. The lowest BCUT2D eigenvalue weighted by molar-refractivity contribution is 0.0698. The third kappa shape index (κ3) is 4.58. The van der Waals surface area contributed by atoms with Crippen LogP contribution in [0.2, 0.25) is 0 Å². The molecule has 0 saturated carbocycles. The lowest BCUT2D eigenvalue weighted by Crippen LogP contribution is -2.16. The van der Waals surface area contributed by atoms with Gasteiger partial charge in [-0.3, -0.25) is 0 Å². The molecule has 0 fully saturated rings. The Balaban J connectivity index is 1.47. The Bertz CT molecular complexity index is 1190. The van der Waals surface area contributed by atoms with Crippen LogP contribution in [0.1, 0.15) is 27.7 Å². The first-order valence-corrected chi connectivity index (χ1v) is 10.8. The summed E-state index contributed by atoms with van der Waals surface area (Å²) >= 11 is 1.10. The zero-order chi connectivity index (χ0) is 22.5. The number of nitrogens with one attached hydrogen (secondary N) is 1. The van der Waals surface area contributed by atoms with Crippen LogP contribution in [0.15, 0.2) is 30.6 Å². The molecule has 2 N–H and O–H groups in total. The summed E-state index contributed by atoms with van der Waals surface area (Å²) in [5.74, 6) is 1.12. The molecule has 3 heterocycles. The molecule has 0 atom stereocenters. The molecule has 164 valence electrons. The lowest BCUT2D eigenvalue weighted by atomic mass is 10.0. The first kappa shape index (κ1) is 21.4. The monoisotopic (exact) mass is 452 g/mol. The van der Waals surface area contributed by atoms with E-state index in [2.05, 4.69) is 21.4 Å². The van der Waals surface area contributed by atoms with Gasteiger partial charge in [0.2, 0.25) is 0 Å². The minimum Gasteiger partial charge on any atom is -0.492 e. The van der Waals surface area contributed by atoms with Crippen LogP contribution in [0, 0.1) is 11.3 Å². The Morgan fingerprint density at radius 1 is 1.25 bits per heavy atom. The predicted octanol–water partition coefficient (Wildman–Crippen LogP) is 3.60. The first-order valence-electron chi connectivity index (χ1n) is 9.98. The molecule has 4 rings (SSSR count). The standard InChI is InChI=1S/C22H20N4O5S/c1-2-29-18-10-19(32-21(18)22(27)28)15-9-20(26-12-25-15)24-4-3-13-7-16-17(8-14(13)11-23)31-6-5-30-16/h7-10,12H,2-6H2,1H3,(H,27,28)(H,24,25,26). The van der Waals surface area contributed by atoms with Crippen LogP contribution < -0.4 is 19.5 Å². The van der Waals surface area contributed by atoms with Crippen LogP contribution >= 0.6 is 11.3 Å². The summed E-state index contributed by atoms with van der Waals surface area (Å²) < 4.78 is 16.6. The molecule has 0 bridgehead atoms. The molecule has 1 aliphatic heterocycles. The van der Waals surface area contributed by atoms with Crippen molar-refractivity contribution >= 4 is 23.1 Å². The average Bonchev–Trinajstić information content (AvgIpc) is 3.23. The Morgan fingerprint density at radius 3 is 2.75 bits per heavy atom. The van der Waals surface area contributed by atoms with Gasteiger partial charge in [0.15, 0.2) is 16.4 Å². The highest BCUT2D eigenvalue weighted by atomic mass is 32.1. The number of hydrogen-bond donors (Lipinski definition) is 2. The number of nitriles is 1. The molecule has 0 radical (unpaired) electrons. The molecule has 9 nitrogen and oxygen atoms in total. The van der Waals surface area contributed by atoms with Crippen LogP contribution in [0.5, 0.6) is 17.2 Å². The third-order valence-electron chi connectivity index (χ3n) is 4.70. The number of rotatable bonds is 8. The summed E-state index contributed by atoms with van der Waals surface area (Å²) in [6.07, 6.45) is 2.00. The average molecular weight is 452 g/mol. The number of benzene rings is 1. The smallest absolute Gasteiger partial charge is 0.349 e. The van der Waals surface area contributed by atoms with Crippen LogP contribution in [0.3, 0.4) is 0 Å². The number of ether oxygens (including phenoxy) is 3. The molecule has 0 aliphatic carbocycles. The van der Waals surface area contributed by atoms with Crippen molar-refractivity contribution in [3.63, 3.8) is 0 Å². The summed E-state index contributed by atoms with van der Waals surface area (Å²) in [6.45, 7) is 3.66. The van der Waals surface area contributed by atoms with E-state index in [4.69, 9.17) is 14.2 Å². The van der Waals surface area contributed by atoms with Gasteiger partial charge in [0.1, 0.15) is 31.1 Å². The first-order chi connectivity index (χ1) is 15.6. The van der Waals surface area contributed by atoms with Gasteiger partial charge in [-0.1, -0.05) is 0 Å². The SMILES string of the molecule is CCOc1cc(-c2cc(NCCc3cc4c(cc3C#N)OCCO4)ncn2)sc1C(=O)O. The van der Waals surface area contributed by atoms with E-state index in [9.17, 15) is 15.2 Å². The van der Waals surface area contributed by atoms with E-state index in [-0.39, 0.29) is 4.88 Å². The van der Waals surface area contributed by atoms with Gasteiger partial charge in [-0.05, 0) is 25.0 Å². The number of carboxylic acids is 1. The van der Waals surface area contributed by atoms with Crippen molar-refractivity contribution in [2.75, 3.05) is 31.7 Å². The highest BCUT2D eigenvalue weighted by Crippen LogP contribution is 2.36. The number of fused-ring (bicyclic) bond motifs is 1. The van der Waals surface area contributed by atoms with Gasteiger partial charge in [0.25, 0.3) is 0 Å². The largest absolute Gasteiger partial charge is 0.492 e. The fourth-order valence-corrected chi connectivity index (χ4v) is 4.18. The number of anilines is 1. The molecular formula is C22H20N4O5S. The van der Waals surface area contributed by atoms with Gasteiger partial charge in [-0.2, -0.15) is 5.26 Å². The summed E-state index contributed by atoms with van der Waals surface area (Å²) in [4.78, 5) is 20.8. The number of aromatic nitrogens is 2. The van der Waals surface area contributed by atoms with Crippen molar-refractivity contribution in [3.05, 3.63) is 46.6 Å². The molecule has 0 saturated heterocycles. The topological polar surface area (TPSA) is 127 Å². The number of nitrogens with zero attached hydrogens (tertiary/aromatic N) is 3. The van der Waals surface area contributed by atoms with E-state index in [0.717, 1.165) is 16.9 Å². The van der Waals surface area contributed by atoms with E-state index in [1.54, 1.807) is 25.1 Å². The van der Waals surface area contributed by atoms with E-state index < -0.39 is 5.97 Å². The van der Waals surface area contributed by atoms with Crippen molar-refractivity contribution < 1.29 is 24.1 Å². The van der Waals surface area contributed by atoms with Crippen molar-refractivity contribution in [1.29, 1.82) is 5.26 Å². The van der Waals surface area contributed by atoms with Crippen LogP contribution in [0.4, 0.5) is 5.82 Å². The van der Waals surface area contributed by atoms with E-state index in [1.165, 1.54) is 6.33 Å². The normalized spacial score (nSPS) is 12.1. The number of thiophene rings is 1. The van der Waals surface area contributed by atoms with Crippen LogP contribution in [-0.2, 0) is 6.42 Å². The van der Waals surface area contributed by atoms with Crippen LogP contribution in [-0.4, -0.2) is 47.4 Å². The maximum atomic E-state index is 11.5. The Hall–Kier alpha value is -3.84. The van der Waals surface area contributed by atoms with Gasteiger partial charge in [0, 0.05) is 24.7 Å². The summed E-state index contributed by atoms with van der Waals surface area (Å²) in [5.41, 5.74) is 1.99. The van der Waals surface area contributed by atoms with E-state index >= 15 is 0 Å². The van der Waals surface area contributed by atoms with E-state index in [1.807, 2.05) is 6.07 Å². The van der Waals surface area contributed by atoms with Gasteiger partial charge >= 0.3 is 5.97 Å². The van der Waals surface area contributed by atoms with Crippen molar-refractivity contribution in [2.45, 2.75) is 13.3 Å². The Labute approximate surface area is 188 Å². The fourth-order valence-electron chi connectivity index (χ4n) is 3.27. The van der Waals surface area contributed by atoms with Gasteiger partial charge < -0.3 is 24.6 Å². The molecule has 1 aliphatic rings. The summed E-state index contributed by atoms with van der Waals surface area (Å²) in [7, 11) is 0. The second-order valence-electron chi connectivity index (χ2n) is 6.77. The highest BCUT2D eigenvalue weighted by molar-refractivity contribution is 7.17. The minimum atomic E-state index is -1.04. The van der Waals surface area contributed by atoms with Gasteiger partial charge in [-0.15, -0.1) is 11.3 Å². The van der Waals surface area contributed by atoms with Crippen LogP contribution in [0.25, 0.3) is 10.6 Å².